The molecular formula is C21H24N4O3. The van der Waals surface area contributed by atoms with Crippen molar-refractivity contribution in [2.24, 2.45) is 5.92 Å². The van der Waals surface area contributed by atoms with Crippen molar-refractivity contribution in [2.45, 2.75) is 12.8 Å². The van der Waals surface area contributed by atoms with Crippen molar-refractivity contribution in [1.82, 2.24) is 10.3 Å². The van der Waals surface area contributed by atoms with Gasteiger partial charge in [0.1, 0.15) is 18.5 Å². The first-order valence-electron chi connectivity index (χ1n) is 9.36. The Morgan fingerprint density at radius 1 is 1.25 bits per heavy atom. The lowest BCUT2D eigenvalue weighted by atomic mass is 9.96. The topological polar surface area (TPSA) is 87.5 Å². The van der Waals surface area contributed by atoms with Crippen LogP contribution < -0.4 is 19.7 Å². The van der Waals surface area contributed by atoms with Crippen LogP contribution in [-0.2, 0) is 4.79 Å². The summed E-state index contributed by atoms with van der Waals surface area (Å²) in [6.45, 7) is 2.39. The number of hydrogen-bond acceptors (Lipinski definition) is 6. The second-order valence-corrected chi connectivity index (χ2v) is 6.57. The smallest absolute Gasteiger partial charge is 0.223 e. The molecule has 1 aliphatic heterocycles. The molecule has 28 heavy (non-hydrogen) atoms. The Balaban J connectivity index is 1.39. The Labute approximate surface area is 164 Å². The van der Waals surface area contributed by atoms with Gasteiger partial charge in [0.05, 0.1) is 19.2 Å². The van der Waals surface area contributed by atoms with Gasteiger partial charge in [0.15, 0.2) is 11.5 Å². The monoisotopic (exact) mass is 380 g/mol. The zero-order chi connectivity index (χ0) is 19.8. The van der Waals surface area contributed by atoms with Crippen molar-refractivity contribution in [3.05, 3.63) is 48.2 Å². The lowest BCUT2D eigenvalue weighted by Gasteiger charge is -2.32. The van der Waals surface area contributed by atoms with Gasteiger partial charge >= 0.3 is 0 Å². The molecule has 3 rings (SSSR count). The van der Waals surface area contributed by atoms with Crippen LogP contribution in [0.4, 0.5) is 5.82 Å². The minimum absolute atomic E-state index is 0.000827. The van der Waals surface area contributed by atoms with Gasteiger partial charge in [-0.1, -0.05) is 12.1 Å². The molecule has 7 nitrogen and oxygen atoms in total. The normalized spacial score (nSPS) is 14.2. The molecule has 146 valence electrons. The van der Waals surface area contributed by atoms with Crippen molar-refractivity contribution in [3.63, 3.8) is 0 Å². The van der Waals surface area contributed by atoms with Gasteiger partial charge in [-0.15, -0.1) is 0 Å². The highest BCUT2D eigenvalue weighted by molar-refractivity contribution is 5.78. The molecule has 0 aliphatic carbocycles. The molecule has 0 atom stereocenters. The average Bonchev–Trinajstić information content (AvgIpc) is 2.77. The second kappa shape index (κ2) is 9.60. The molecule has 1 amide bonds. The number of nitriles is 1. The number of methoxy groups -OCH3 is 1. The molecule has 2 heterocycles. The maximum atomic E-state index is 12.4. The second-order valence-electron chi connectivity index (χ2n) is 6.57. The number of piperidine rings is 1. The minimum atomic E-state index is 0.000827. The third kappa shape index (κ3) is 4.92. The highest BCUT2D eigenvalue weighted by Crippen LogP contribution is 2.25. The fourth-order valence-electron chi connectivity index (χ4n) is 3.23. The van der Waals surface area contributed by atoms with E-state index < -0.39 is 0 Å². The average molecular weight is 380 g/mol. The molecule has 0 spiro atoms. The summed E-state index contributed by atoms with van der Waals surface area (Å²) in [5, 5.41) is 11.8. The van der Waals surface area contributed by atoms with Gasteiger partial charge < -0.3 is 19.7 Å². The number of carbonyl (C=O) groups excluding carboxylic acids is 1. The molecular weight excluding hydrogens is 356 g/mol. The molecule has 7 heteroatoms. The van der Waals surface area contributed by atoms with Gasteiger partial charge in [0.25, 0.3) is 0 Å². The maximum absolute atomic E-state index is 12.4. The largest absolute Gasteiger partial charge is 0.493 e. The summed E-state index contributed by atoms with van der Waals surface area (Å²) in [7, 11) is 1.60. The van der Waals surface area contributed by atoms with Gasteiger partial charge in [0, 0.05) is 25.2 Å². The molecule has 1 aromatic carbocycles. The fourth-order valence-corrected chi connectivity index (χ4v) is 3.23. The van der Waals surface area contributed by atoms with E-state index in [2.05, 4.69) is 21.3 Å². The van der Waals surface area contributed by atoms with Crippen molar-refractivity contribution < 1.29 is 14.3 Å². The number of nitrogens with one attached hydrogen (secondary N) is 1. The Hall–Kier alpha value is -3.27. The van der Waals surface area contributed by atoms with Crippen LogP contribution in [0.3, 0.4) is 0 Å². The molecule has 2 aromatic rings. The summed E-state index contributed by atoms with van der Waals surface area (Å²) in [4.78, 5) is 18.9. The standard InChI is InChI=1S/C21H24N4O3/c1-27-18-4-2-3-5-19(18)28-13-10-23-21(26)17-8-11-25(12-9-17)20-7-6-16(14-22)15-24-20/h2-7,15,17H,8-13H2,1H3,(H,23,26). The highest BCUT2D eigenvalue weighted by atomic mass is 16.5. The van der Waals surface area contributed by atoms with Crippen LogP contribution in [0.1, 0.15) is 18.4 Å². The molecule has 1 N–H and O–H groups in total. The predicted octanol–water partition coefficient (Wildman–Crippen LogP) is 2.37. The number of ether oxygens (including phenoxy) is 2. The van der Waals surface area contributed by atoms with Crippen LogP contribution in [0, 0.1) is 17.2 Å². The van der Waals surface area contributed by atoms with E-state index in [-0.39, 0.29) is 11.8 Å². The molecule has 1 fully saturated rings. The maximum Gasteiger partial charge on any atom is 0.223 e. The first kappa shape index (κ1) is 19.5. The van der Waals surface area contributed by atoms with Gasteiger partial charge in [-0.25, -0.2) is 4.98 Å². The number of rotatable bonds is 7. The number of nitrogens with zero attached hydrogens (tertiary/aromatic N) is 3. The molecule has 0 radical (unpaired) electrons. The van der Waals surface area contributed by atoms with E-state index in [1.165, 1.54) is 0 Å². The summed E-state index contributed by atoms with van der Waals surface area (Å²) in [5.41, 5.74) is 0.549. The van der Waals surface area contributed by atoms with Crippen molar-refractivity contribution in [2.75, 3.05) is 38.3 Å². The lowest BCUT2D eigenvalue weighted by Crippen LogP contribution is -2.41. The first-order valence-corrected chi connectivity index (χ1v) is 9.36. The summed E-state index contributed by atoms with van der Waals surface area (Å²) >= 11 is 0. The summed E-state index contributed by atoms with van der Waals surface area (Å²) in [6.07, 6.45) is 3.14. The molecule has 1 saturated heterocycles. The molecule has 0 unspecified atom stereocenters. The summed E-state index contributed by atoms with van der Waals surface area (Å²) < 4.78 is 10.9. The van der Waals surface area contributed by atoms with Gasteiger partial charge in [-0.05, 0) is 37.1 Å². The lowest BCUT2D eigenvalue weighted by molar-refractivity contribution is -0.125. The van der Waals surface area contributed by atoms with E-state index in [0.29, 0.717) is 30.2 Å². The van der Waals surface area contributed by atoms with E-state index in [0.717, 1.165) is 31.7 Å². The first-order chi connectivity index (χ1) is 13.7. The number of pyridine rings is 1. The third-order valence-corrected chi connectivity index (χ3v) is 4.79. The van der Waals surface area contributed by atoms with E-state index in [9.17, 15) is 4.79 Å². The van der Waals surface area contributed by atoms with Gasteiger partial charge in [0.2, 0.25) is 5.91 Å². The van der Waals surface area contributed by atoms with Crippen molar-refractivity contribution in [1.29, 1.82) is 5.26 Å². The Morgan fingerprint density at radius 2 is 2.00 bits per heavy atom. The number of amides is 1. The number of benzene rings is 1. The van der Waals surface area contributed by atoms with Crippen LogP contribution in [0.25, 0.3) is 0 Å². The molecule has 1 aromatic heterocycles. The van der Waals surface area contributed by atoms with Crippen LogP contribution in [-0.4, -0.2) is 44.2 Å². The van der Waals surface area contributed by atoms with E-state index in [4.69, 9.17) is 14.7 Å². The van der Waals surface area contributed by atoms with Crippen LogP contribution in [0.2, 0.25) is 0 Å². The number of carbonyl (C=O) groups is 1. The number of para-hydroxylation sites is 2. The van der Waals surface area contributed by atoms with Crippen molar-refractivity contribution in [3.8, 4) is 17.6 Å². The molecule has 0 saturated carbocycles. The van der Waals surface area contributed by atoms with Crippen LogP contribution in [0.5, 0.6) is 11.5 Å². The van der Waals surface area contributed by atoms with E-state index in [1.807, 2.05) is 30.3 Å². The van der Waals surface area contributed by atoms with Crippen LogP contribution in [0.15, 0.2) is 42.6 Å². The summed E-state index contributed by atoms with van der Waals surface area (Å²) in [6, 6.07) is 13.1. The Morgan fingerprint density at radius 3 is 2.64 bits per heavy atom. The predicted molar refractivity (Wildman–Crippen MR) is 105 cm³/mol. The number of aromatic nitrogens is 1. The Bertz CT molecular complexity index is 824. The van der Waals surface area contributed by atoms with E-state index in [1.54, 1.807) is 19.4 Å². The van der Waals surface area contributed by atoms with Crippen LogP contribution >= 0.6 is 0 Å². The van der Waals surface area contributed by atoms with Gasteiger partial charge in [-0.2, -0.15) is 5.26 Å². The van der Waals surface area contributed by atoms with E-state index >= 15 is 0 Å². The zero-order valence-electron chi connectivity index (χ0n) is 15.9. The molecule has 1 aliphatic rings. The third-order valence-electron chi connectivity index (χ3n) is 4.79. The fraction of sp³-hybridized carbons (Fsp3) is 0.381. The Kier molecular flexibility index (Phi) is 6.68. The quantitative estimate of drug-likeness (QED) is 0.742. The number of anilines is 1. The van der Waals surface area contributed by atoms with Crippen molar-refractivity contribution >= 4 is 11.7 Å². The highest BCUT2D eigenvalue weighted by Gasteiger charge is 2.25. The number of hydrogen-bond donors (Lipinski definition) is 1. The van der Waals surface area contributed by atoms with Gasteiger partial charge in [-0.3, -0.25) is 4.79 Å². The minimum Gasteiger partial charge on any atom is -0.493 e. The zero-order valence-corrected chi connectivity index (χ0v) is 15.9. The SMILES string of the molecule is COc1ccccc1OCCNC(=O)C1CCN(c2ccc(C#N)cn2)CC1. The summed E-state index contributed by atoms with van der Waals surface area (Å²) in [5.74, 6) is 2.26. The molecule has 0 bridgehead atoms.